The predicted octanol–water partition coefficient (Wildman–Crippen LogP) is 0.411. The molecule has 2 fully saturated rings. The van der Waals surface area contributed by atoms with Crippen LogP contribution < -0.4 is 5.32 Å². The minimum absolute atomic E-state index is 0.000278. The number of carbonyl (C=O) groups is 2. The first kappa shape index (κ1) is 11.2. The molecule has 2 aliphatic heterocycles. The van der Waals surface area contributed by atoms with Crippen molar-refractivity contribution < 1.29 is 9.59 Å². The fourth-order valence-corrected chi connectivity index (χ4v) is 3.00. The van der Waals surface area contributed by atoms with Crippen molar-refractivity contribution in [1.29, 1.82) is 0 Å². The van der Waals surface area contributed by atoms with Crippen LogP contribution in [0.25, 0.3) is 0 Å². The lowest BCUT2D eigenvalue weighted by Crippen LogP contribution is -2.62. The van der Waals surface area contributed by atoms with Crippen molar-refractivity contribution >= 4 is 11.9 Å². The molecule has 0 aromatic carbocycles. The zero-order valence-corrected chi connectivity index (χ0v) is 10.3. The summed E-state index contributed by atoms with van der Waals surface area (Å²) in [6.07, 6.45) is 1.21. The summed E-state index contributed by atoms with van der Waals surface area (Å²) in [6, 6.07) is -0.000278. The molecule has 1 unspecified atom stereocenters. The van der Waals surface area contributed by atoms with Gasteiger partial charge in [0, 0.05) is 20.6 Å². The molecule has 5 nitrogen and oxygen atoms in total. The normalized spacial score (nSPS) is 33.5. The predicted molar refractivity (Wildman–Crippen MR) is 60.0 cm³/mol. The zero-order chi connectivity index (χ0) is 12.1. The van der Waals surface area contributed by atoms with E-state index in [-0.39, 0.29) is 23.0 Å². The summed E-state index contributed by atoms with van der Waals surface area (Å²) in [5.74, 6) is 0.0364. The molecule has 2 heterocycles. The van der Waals surface area contributed by atoms with E-state index >= 15 is 0 Å². The minimum Gasteiger partial charge on any atom is -0.356 e. The van der Waals surface area contributed by atoms with Crippen LogP contribution in [0.2, 0.25) is 0 Å². The van der Waals surface area contributed by atoms with E-state index < -0.39 is 0 Å². The molecule has 2 aliphatic rings. The first-order valence-corrected chi connectivity index (χ1v) is 5.61. The van der Waals surface area contributed by atoms with Gasteiger partial charge < -0.3 is 15.1 Å². The Labute approximate surface area is 95.8 Å². The number of rotatable bonds is 0. The Morgan fingerprint density at radius 2 is 1.81 bits per heavy atom. The molecule has 2 rings (SSSR count). The Hall–Kier alpha value is -1.26. The van der Waals surface area contributed by atoms with Crippen LogP contribution in [0.5, 0.6) is 0 Å². The third kappa shape index (κ3) is 1.11. The monoisotopic (exact) mass is 225 g/mol. The van der Waals surface area contributed by atoms with Crippen molar-refractivity contribution in [3.05, 3.63) is 0 Å². The van der Waals surface area contributed by atoms with E-state index in [1.165, 1.54) is 0 Å². The average Bonchev–Trinajstić information content (AvgIpc) is 2.34. The van der Waals surface area contributed by atoms with E-state index in [1.807, 2.05) is 13.8 Å². The average molecular weight is 225 g/mol. The van der Waals surface area contributed by atoms with Crippen molar-refractivity contribution in [2.24, 2.45) is 0 Å². The first-order valence-electron chi connectivity index (χ1n) is 5.61. The summed E-state index contributed by atoms with van der Waals surface area (Å²) in [6.45, 7) is 4.72. The van der Waals surface area contributed by atoms with Gasteiger partial charge >= 0.3 is 6.03 Å². The number of hydrogen-bond acceptors (Lipinski definition) is 2. The second kappa shape index (κ2) is 3.12. The van der Waals surface area contributed by atoms with Gasteiger partial charge in [0.15, 0.2) is 0 Å². The number of hydrogen-bond donors (Lipinski definition) is 1. The molecule has 0 aromatic heterocycles. The molecule has 5 heteroatoms. The number of carbonyl (C=O) groups excluding carboxylic acids is 2. The molecule has 0 aliphatic carbocycles. The SMILES string of the molecule is CN1C(=O)N(C)C2(CCNC(=O)C2)C1(C)C. The van der Waals surface area contributed by atoms with Crippen LogP contribution >= 0.6 is 0 Å². The standard InChI is InChI=1S/C11H19N3O2/c1-10(2)11(5-6-12-8(15)7-11)14(4)9(16)13(10)3/h5-7H2,1-4H3,(H,12,15). The Kier molecular flexibility index (Phi) is 2.19. The molecule has 3 amide bonds. The van der Waals surface area contributed by atoms with Gasteiger partial charge in [-0.15, -0.1) is 0 Å². The lowest BCUT2D eigenvalue weighted by molar-refractivity contribution is -0.127. The highest BCUT2D eigenvalue weighted by molar-refractivity contribution is 5.84. The number of nitrogens with zero attached hydrogens (tertiary/aromatic N) is 2. The molecule has 1 atom stereocenters. The maximum Gasteiger partial charge on any atom is 0.320 e. The molecule has 90 valence electrons. The minimum atomic E-state index is -0.360. The van der Waals surface area contributed by atoms with Gasteiger partial charge in [-0.25, -0.2) is 4.79 Å². The van der Waals surface area contributed by atoms with Crippen molar-refractivity contribution in [2.45, 2.75) is 37.8 Å². The summed E-state index contributed by atoms with van der Waals surface area (Å²) < 4.78 is 0. The molecule has 1 spiro atoms. The lowest BCUT2D eigenvalue weighted by Gasteiger charge is -2.47. The Morgan fingerprint density at radius 1 is 1.19 bits per heavy atom. The first-order chi connectivity index (χ1) is 7.33. The van der Waals surface area contributed by atoms with Crippen molar-refractivity contribution in [3.63, 3.8) is 0 Å². The van der Waals surface area contributed by atoms with Gasteiger partial charge in [0.05, 0.1) is 17.5 Å². The summed E-state index contributed by atoms with van der Waals surface area (Å²) >= 11 is 0. The van der Waals surface area contributed by atoms with Crippen LogP contribution in [0.15, 0.2) is 0 Å². The van der Waals surface area contributed by atoms with Gasteiger partial charge in [-0.1, -0.05) is 0 Å². The summed E-state index contributed by atoms with van der Waals surface area (Å²) in [7, 11) is 3.60. The Morgan fingerprint density at radius 3 is 2.25 bits per heavy atom. The maximum absolute atomic E-state index is 12.0. The highest BCUT2D eigenvalue weighted by atomic mass is 16.2. The maximum atomic E-state index is 12.0. The summed E-state index contributed by atoms with van der Waals surface area (Å²) in [4.78, 5) is 27.1. The topological polar surface area (TPSA) is 52.7 Å². The quantitative estimate of drug-likeness (QED) is 0.649. The Balaban J connectivity index is 2.45. The molecule has 1 N–H and O–H groups in total. The molecule has 0 bridgehead atoms. The van der Waals surface area contributed by atoms with Crippen LogP contribution in [0, 0.1) is 0 Å². The molecular formula is C11H19N3O2. The third-order valence-corrected chi connectivity index (χ3v) is 4.51. The molecule has 0 radical (unpaired) electrons. The van der Waals surface area contributed by atoms with Crippen LogP contribution in [-0.4, -0.2) is 53.5 Å². The number of nitrogens with one attached hydrogen (secondary N) is 1. The molecular weight excluding hydrogens is 206 g/mol. The van der Waals surface area contributed by atoms with E-state index in [1.54, 1.807) is 23.9 Å². The Bertz CT molecular complexity index is 353. The van der Waals surface area contributed by atoms with Gasteiger partial charge in [-0.2, -0.15) is 0 Å². The summed E-state index contributed by atoms with van der Waals surface area (Å²) in [5.41, 5.74) is -0.669. The van der Waals surface area contributed by atoms with Gasteiger partial charge in [0.2, 0.25) is 5.91 Å². The van der Waals surface area contributed by atoms with Gasteiger partial charge in [0.25, 0.3) is 0 Å². The van der Waals surface area contributed by atoms with Crippen LogP contribution in [0.4, 0.5) is 4.79 Å². The summed E-state index contributed by atoms with van der Waals surface area (Å²) in [5, 5.41) is 2.83. The molecule has 0 aromatic rings. The van der Waals surface area contributed by atoms with E-state index in [2.05, 4.69) is 5.32 Å². The smallest absolute Gasteiger partial charge is 0.320 e. The lowest BCUT2D eigenvalue weighted by atomic mass is 9.73. The molecule has 0 saturated carbocycles. The molecule has 2 saturated heterocycles. The van der Waals surface area contributed by atoms with E-state index in [4.69, 9.17) is 0 Å². The van der Waals surface area contributed by atoms with Crippen LogP contribution in [0.3, 0.4) is 0 Å². The van der Waals surface area contributed by atoms with E-state index in [0.717, 1.165) is 6.42 Å². The van der Waals surface area contributed by atoms with Gasteiger partial charge in [-0.05, 0) is 20.3 Å². The highest BCUT2D eigenvalue weighted by Crippen LogP contribution is 2.45. The third-order valence-electron chi connectivity index (χ3n) is 4.51. The number of amides is 3. The van der Waals surface area contributed by atoms with Gasteiger partial charge in [-0.3, -0.25) is 4.79 Å². The van der Waals surface area contributed by atoms with Crippen molar-refractivity contribution in [3.8, 4) is 0 Å². The molecule has 16 heavy (non-hydrogen) atoms. The van der Waals surface area contributed by atoms with Crippen LogP contribution in [0.1, 0.15) is 26.7 Å². The second-order valence-corrected chi connectivity index (χ2v) is 5.27. The van der Waals surface area contributed by atoms with E-state index in [0.29, 0.717) is 13.0 Å². The number of urea groups is 1. The number of piperidine rings is 1. The van der Waals surface area contributed by atoms with Crippen LogP contribution in [-0.2, 0) is 4.79 Å². The fourth-order valence-electron chi connectivity index (χ4n) is 3.00. The van der Waals surface area contributed by atoms with Crippen molar-refractivity contribution in [1.82, 2.24) is 15.1 Å². The largest absolute Gasteiger partial charge is 0.356 e. The second-order valence-electron chi connectivity index (χ2n) is 5.27. The fraction of sp³-hybridized carbons (Fsp3) is 0.818. The van der Waals surface area contributed by atoms with Crippen molar-refractivity contribution in [2.75, 3.05) is 20.6 Å². The zero-order valence-electron chi connectivity index (χ0n) is 10.3. The highest BCUT2D eigenvalue weighted by Gasteiger charge is 2.60. The van der Waals surface area contributed by atoms with Gasteiger partial charge in [0.1, 0.15) is 0 Å². The number of likely N-dealkylation sites (N-methyl/N-ethyl adjacent to an activating group) is 2. The van der Waals surface area contributed by atoms with E-state index in [9.17, 15) is 9.59 Å².